The van der Waals surface area contributed by atoms with Gasteiger partial charge in [0.15, 0.2) is 0 Å². The van der Waals surface area contributed by atoms with Crippen LogP contribution < -0.4 is 4.65 Å². The van der Waals surface area contributed by atoms with E-state index in [9.17, 15) is 10.0 Å². The first kappa shape index (κ1) is 23.0. The number of rotatable bonds is 12. The lowest BCUT2D eigenvalue weighted by Gasteiger charge is -2.33. The molecule has 0 aliphatic heterocycles. The van der Waals surface area contributed by atoms with Crippen molar-refractivity contribution >= 4 is 7.32 Å². The van der Waals surface area contributed by atoms with Crippen molar-refractivity contribution in [2.45, 2.75) is 104 Å². The fourth-order valence-corrected chi connectivity index (χ4v) is 3.74. The molecule has 0 fully saturated rings. The summed E-state index contributed by atoms with van der Waals surface area (Å²) in [7, 11) is -1.80. The standard InChI is InChI=1S/C22H39BO3/c1-7-9-11-16-21(3,4)18-14-13-15-19(20(18)26-23(24)25)22(5,6)17-12-10-8-2/h13-15,24-25H,7-12,16-17H2,1-6H3. The summed E-state index contributed by atoms with van der Waals surface area (Å²) >= 11 is 0. The molecule has 2 N–H and O–H groups in total. The third kappa shape index (κ3) is 6.63. The van der Waals surface area contributed by atoms with E-state index < -0.39 is 7.32 Å². The molecule has 0 radical (unpaired) electrons. The van der Waals surface area contributed by atoms with Gasteiger partial charge in [-0.25, -0.2) is 0 Å². The summed E-state index contributed by atoms with van der Waals surface area (Å²) in [6.07, 6.45) is 9.24. The largest absolute Gasteiger partial charge is 0.707 e. The maximum atomic E-state index is 9.55. The van der Waals surface area contributed by atoms with E-state index >= 15 is 0 Å². The lowest BCUT2D eigenvalue weighted by molar-refractivity contribution is 0.278. The Morgan fingerprint density at radius 2 is 1.23 bits per heavy atom. The average molecular weight is 362 g/mol. The van der Waals surface area contributed by atoms with Crippen molar-refractivity contribution in [2.24, 2.45) is 0 Å². The minimum Gasteiger partial charge on any atom is -0.512 e. The van der Waals surface area contributed by atoms with Crippen molar-refractivity contribution in [2.75, 3.05) is 0 Å². The summed E-state index contributed by atoms with van der Waals surface area (Å²) in [6, 6.07) is 6.25. The molecule has 4 heteroatoms. The molecule has 3 nitrogen and oxygen atoms in total. The first-order valence-corrected chi connectivity index (χ1v) is 10.3. The zero-order valence-electron chi connectivity index (χ0n) is 17.8. The van der Waals surface area contributed by atoms with Gasteiger partial charge >= 0.3 is 7.32 Å². The van der Waals surface area contributed by atoms with Crippen LogP contribution in [0, 0.1) is 0 Å². The summed E-state index contributed by atoms with van der Waals surface area (Å²) < 4.78 is 5.57. The highest BCUT2D eigenvalue weighted by molar-refractivity contribution is 6.33. The van der Waals surface area contributed by atoms with Crippen LogP contribution in [0.25, 0.3) is 0 Å². The lowest BCUT2D eigenvalue weighted by atomic mass is 9.74. The SMILES string of the molecule is CCCCCC(C)(C)c1cccc(C(C)(C)CCCCC)c1OB(O)O. The summed E-state index contributed by atoms with van der Waals surface area (Å²) in [5.41, 5.74) is 2.00. The molecule has 0 aliphatic rings. The van der Waals surface area contributed by atoms with E-state index in [-0.39, 0.29) is 10.8 Å². The van der Waals surface area contributed by atoms with Gasteiger partial charge in [-0.2, -0.15) is 0 Å². The Labute approximate surface area is 161 Å². The third-order valence-corrected chi connectivity index (χ3v) is 5.51. The van der Waals surface area contributed by atoms with E-state index in [1.165, 1.54) is 25.7 Å². The molecule has 0 heterocycles. The van der Waals surface area contributed by atoms with E-state index in [0.29, 0.717) is 5.75 Å². The van der Waals surface area contributed by atoms with E-state index in [2.05, 4.69) is 59.7 Å². The molecule has 0 atom stereocenters. The molecule has 0 saturated carbocycles. The number of hydrogen-bond acceptors (Lipinski definition) is 3. The van der Waals surface area contributed by atoms with Crippen LogP contribution in [0.1, 0.15) is 104 Å². The normalized spacial score (nSPS) is 12.3. The van der Waals surface area contributed by atoms with Crippen LogP contribution in [0.2, 0.25) is 0 Å². The van der Waals surface area contributed by atoms with Crippen LogP contribution in [-0.4, -0.2) is 17.4 Å². The topological polar surface area (TPSA) is 49.7 Å². The molecule has 0 spiro atoms. The Balaban J connectivity index is 3.26. The van der Waals surface area contributed by atoms with Crippen LogP contribution in [0.4, 0.5) is 0 Å². The van der Waals surface area contributed by atoms with Gasteiger partial charge in [-0.05, 0) is 34.8 Å². The molecular weight excluding hydrogens is 323 g/mol. The number of benzene rings is 1. The molecule has 1 aromatic rings. The molecule has 1 rings (SSSR count). The summed E-state index contributed by atoms with van der Waals surface area (Å²) in [4.78, 5) is 0. The number of unbranched alkanes of at least 4 members (excludes halogenated alkanes) is 4. The van der Waals surface area contributed by atoms with Crippen molar-refractivity contribution < 1.29 is 14.7 Å². The molecule has 0 aromatic heterocycles. The second-order valence-corrected chi connectivity index (χ2v) is 8.81. The summed E-state index contributed by atoms with van der Waals surface area (Å²) in [5.74, 6) is 0.658. The predicted octanol–water partition coefficient (Wildman–Crippen LogP) is 5.75. The number of hydrogen-bond donors (Lipinski definition) is 2. The summed E-state index contributed by atoms with van der Waals surface area (Å²) in [6.45, 7) is 13.3. The zero-order chi connectivity index (χ0) is 19.8. The van der Waals surface area contributed by atoms with Crippen LogP contribution >= 0.6 is 0 Å². The van der Waals surface area contributed by atoms with Gasteiger partial charge in [-0.3, -0.25) is 0 Å². The van der Waals surface area contributed by atoms with Gasteiger partial charge in [0.25, 0.3) is 0 Å². The van der Waals surface area contributed by atoms with Gasteiger partial charge in [0.2, 0.25) is 0 Å². The minimum absolute atomic E-state index is 0.0745. The highest BCUT2D eigenvalue weighted by Gasteiger charge is 2.32. The first-order chi connectivity index (χ1) is 12.2. The average Bonchev–Trinajstić information content (AvgIpc) is 2.54. The molecular formula is C22H39BO3. The highest BCUT2D eigenvalue weighted by Crippen LogP contribution is 2.43. The zero-order valence-corrected chi connectivity index (χ0v) is 17.8. The summed E-state index contributed by atoms with van der Waals surface area (Å²) in [5, 5.41) is 19.1. The monoisotopic (exact) mass is 362 g/mol. The van der Waals surface area contributed by atoms with Gasteiger partial charge < -0.3 is 14.7 Å². The lowest BCUT2D eigenvalue weighted by Crippen LogP contribution is -2.28. The Kier molecular flexibility index (Phi) is 9.19. The molecule has 0 unspecified atom stereocenters. The molecule has 148 valence electrons. The fraction of sp³-hybridized carbons (Fsp3) is 0.727. The maximum absolute atomic E-state index is 9.55. The fourth-order valence-electron chi connectivity index (χ4n) is 3.74. The van der Waals surface area contributed by atoms with Crippen LogP contribution in [0.15, 0.2) is 18.2 Å². The molecule has 0 bridgehead atoms. The Bertz CT molecular complexity index is 498. The van der Waals surface area contributed by atoms with Crippen LogP contribution in [0.3, 0.4) is 0 Å². The van der Waals surface area contributed by atoms with Gasteiger partial charge in [-0.15, -0.1) is 0 Å². The first-order valence-electron chi connectivity index (χ1n) is 10.3. The van der Waals surface area contributed by atoms with Gasteiger partial charge in [-0.1, -0.05) is 98.3 Å². The second-order valence-electron chi connectivity index (χ2n) is 8.81. The van der Waals surface area contributed by atoms with Crippen molar-refractivity contribution in [3.63, 3.8) is 0 Å². The molecule has 1 aromatic carbocycles. The van der Waals surface area contributed by atoms with Gasteiger partial charge in [0.05, 0.1) is 0 Å². The second kappa shape index (κ2) is 10.4. The third-order valence-electron chi connectivity index (χ3n) is 5.51. The smallest absolute Gasteiger partial charge is 0.512 e. The molecule has 0 aliphatic carbocycles. The van der Waals surface area contributed by atoms with Crippen LogP contribution in [0.5, 0.6) is 5.75 Å². The maximum Gasteiger partial charge on any atom is 0.707 e. The quantitative estimate of drug-likeness (QED) is 0.368. The number of para-hydroxylation sites is 1. The van der Waals surface area contributed by atoms with E-state index in [1.807, 2.05) is 0 Å². The molecule has 0 amide bonds. The van der Waals surface area contributed by atoms with E-state index in [0.717, 1.165) is 36.8 Å². The highest BCUT2D eigenvalue weighted by atomic mass is 16.6. The van der Waals surface area contributed by atoms with E-state index in [1.54, 1.807) is 0 Å². The predicted molar refractivity (Wildman–Crippen MR) is 112 cm³/mol. The van der Waals surface area contributed by atoms with Crippen molar-refractivity contribution in [3.05, 3.63) is 29.3 Å². The van der Waals surface area contributed by atoms with Crippen molar-refractivity contribution in [3.8, 4) is 5.75 Å². The molecule has 0 saturated heterocycles. The minimum atomic E-state index is -1.80. The Hall–Kier alpha value is -0.995. The van der Waals surface area contributed by atoms with Crippen LogP contribution in [-0.2, 0) is 10.8 Å². The Morgan fingerprint density at radius 3 is 1.58 bits per heavy atom. The van der Waals surface area contributed by atoms with Crippen molar-refractivity contribution in [1.82, 2.24) is 0 Å². The van der Waals surface area contributed by atoms with Gasteiger partial charge in [0, 0.05) is 0 Å². The van der Waals surface area contributed by atoms with Crippen molar-refractivity contribution in [1.29, 1.82) is 0 Å². The molecule has 26 heavy (non-hydrogen) atoms. The Morgan fingerprint density at radius 1 is 0.808 bits per heavy atom. The van der Waals surface area contributed by atoms with Gasteiger partial charge in [0.1, 0.15) is 5.75 Å². The van der Waals surface area contributed by atoms with E-state index in [4.69, 9.17) is 4.65 Å².